The van der Waals surface area contributed by atoms with E-state index in [1.807, 2.05) is 0 Å². The molecule has 2 atom stereocenters. The molecule has 0 radical (unpaired) electrons. The van der Waals surface area contributed by atoms with E-state index in [1.165, 1.54) is 6.07 Å². The molecule has 2 unspecified atom stereocenters. The van der Waals surface area contributed by atoms with Gasteiger partial charge >= 0.3 is 0 Å². The lowest BCUT2D eigenvalue weighted by atomic mass is 10.1. The molecule has 3 rings (SSSR count). The highest BCUT2D eigenvalue weighted by molar-refractivity contribution is 5.96. The summed E-state index contributed by atoms with van der Waals surface area (Å²) < 4.78 is 5.23. The molecule has 1 aliphatic heterocycles. The van der Waals surface area contributed by atoms with Gasteiger partial charge in [-0.25, -0.2) is 0 Å². The molecule has 1 aromatic carbocycles. The van der Waals surface area contributed by atoms with Crippen LogP contribution < -0.4 is 15.4 Å². The van der Waals surface area contributed by atoms with Crippen molar-refractivity contribution in [2.45, 2.75) is 32.2 Å². The van der Waals surface area contributed by atoms with Crippen molar-refractivity contribution in [3.05, 3.63) is 22.2 Å². The van der Waals surface area contributed by atoms with Crippen molar-refractivity contribution in [2.75, 3.05) is 17.2 Å². The minimum atomic E-state index is -0.429. The molecular formula is C14H17N3O4. The van der Waals surface area contributed by atoms with Gasteiger partial charge in [-0.05, 0) is 24.8 Å². The van der Waals surface area contributed by atoms with Gasteiger partial charge in [0, 0.05) is 6.04 Å². The van der Waals surface area contributed by atoms with Crippen LogP contribution in [0, 0.1) is 16.0 Å². The second kappa shape index (κ2) is 5.23. The van der Waals surface area contributed by atoms with Crippen LogP contribution >= 0.6 is 0 Å². The van der Waals surface area contributed by atoms with Crippen molar-refractivity contribution < 1.29 is 14.5 Å². The number of rotatable bonds is 3. The van der Waals surface area contributed by atoms with Gasteiger partial charge in [0.2, 0.25) is 0 Å². The van der Waals surface area contributed by atoms with Crippen molar-refractivity contribution >= 4 is 23.0 Å². The fraction of sp³-hybridized carbons (Fsp3) is 0.500. The normalized spacial score (nSPS) is 24.0. The number of amides is 1. The Morgan fingerprint density at radius 3 is 2.90 bits per heavy atom. The van der Waals surface area contributed by atoms with E-state index in [1.54, 1.807) is 6.07 Å². The topological polar surface area (TPSA) is 93.5 Å². The largest absolute Gasteiger partial charge is 0.481 e. The molecule has 1 heterocycles. The number of carbonyl (C=O) groups is 1. The Kier molecular flexibility index (Phi) is 3.40. The number of benzene rings is 1. The Hall–Kier alpha value is -2.31. The van der Waals surface area contributed by atoms with Crippen LogP contribution in [0.5, 0.6) is 5.75 Å². The SMILES string of the molecule is CC1CCCC1Nc1cc2c(cc1[N+](=O)[O-])OCC(=O)N2. The lowest BCUT2D eigenvalue weighted by molar-refractivity contribution is -0.384. The first kappa shape index (κ1) is 13.7. The van der Waals surface area contributed by atoms with Gasteiger partial charge < -0.3 is 15.4 Å². The van der Waals surface area contributed by atoms with Gasteiger partial charge in [-0.1, -0.05) is 13.3 Å². The van der Waals surface area contributed by atoms with Crippen LogP contribution in [-0.2, 0) is 4.79 Å². The van der Waals surface area contributed by atoms with E-state index in [9.17, 15) is 14.9 Å². The van der Waals surface area contributed by atoms with Gasteiger partial charge in [0.1, 0.15) is 5.69 Å². The lowest BCUT2D eigenvalue weighted by Crippen LogP contribution is -2.26. The highest BCUT2D eigenvalue weighted by Gasteiger charge is 2.28. The van der Waals surface area contributed by atoms with Crippen LogP contribution in [0.25, 0.3) is 0 Å². The van der Waals surface area contributed by atoms with Gasteiger partial charge in [0.05, 0.1) is 16.7 Å². The zero-order valence-corrected chi connectivity index (χ0v) is 11.7. The number of nitrogens with zero attached hydrogens (tertiary/aromatic N) is 1. The molecule has 1 fully saturated rings. The van der Waals surface area contributed by atoms with Crippen LogP contribution in [-0.4, -0.2) is 23.5 Å². The third-order valence-electron chi connectivity index (χ3n) is 4.13. The molecule has 1 amide bonds. The minimum absolute atomic E-state index is 0.0241. The average molecular weight is 291 g/mol. The Balaban J connectivity index is 1.95. The molecule has 0 bridgehead atoms. The van der Waals surface area contributed by atoms with Gasteiger partial charge in [0.15, 0.2) is 12.4 Å². The molecule has 21 heavy (non-hydrogen) atoms. The Bertz CT molecular complexity index is 602. The summed E-state index contributed by atoms with van der Waals surface area (Å²) in [6, 6.07) is 3.19. The predicted octanol–water partition coefficient (Wildman–Crippen LogP) is 2.53. The third-order valence-corrected chi connectivity index (χ3v) is 4.13. The smallest absolute Gasteiger partial charge is 0.296 e. The summed E-state index contributed by atoms with van der Waals surface area (Å²) in [5.74, 6) is 0.564. The van der Waals surface area contributed by atoms with Crippen LogP contribution in [0.15, 0.2) is 12.1 Å². The first-order chi connectivity index (χ1) is 10.0. The maximum atomic E-state index is 11.4. The zero-order valence-electron chi connectivity index (χ0n) is 11.7. The van der Waals surface area contributed by atoms with Gasteiger partial charge in [-0.2, -0.15) is 0 Å². The van der Waals surface area contributed by atoms with Crippen molar-refractivity contribution in [1.82, 2.24) is 0 Å². The number of carbonyl (C=O) groups excluding carboxylic acids is 1. The molecule has 0 spiro atoms. The Morgan fingerprint density at radius 2 is 2.24 bits per heavy atom. The van der Waals surface area contributed by atoms with Gasteiger partial charge in [-0.3, -0.25) is 14.9 Å². The van der Waals surface area contributed by atoms with Crippen molar-refractivity contribution in [1.29, 1.82) is 0 Å². The summed E-state index contributed by atoms with van der Waals surface area (Å²) >= 11 is 0. The summed E-state index contributed by atoms with van der Waals surface area (Å²) in [7, 11) is 0. The number of fused-ring (bicyclic) bond motifs is 1. The minimum Gasteiger partial charge on any atom is -0.481 e. The Labute approximate surface area is 121 Å². The molecule has 0 saturated heterocycles. The third kappa shape index (κ3) is 2.63. The van der Waals surface area contributed by atoms with E-state index >= 15 is 0 Å². The average Bonchev–Trinajstić information content (AvgIpc) is 2.83. The number of ether oxygens (including phenoxy) is 1. The summed E-state index contributed by atoms with van der Waals surface area (Å²) in [5.41, 5.74) is 0.886. The van der Waals surface area contributed by atoms with E-state index < -0.39 is 4.92 Å². The van der Waals surface area contributed by atoms with Gasteiger partial charge in [0.25, 0.3) is 11.6 Å². The number of anilines is 2. The van der Waals surface area contributed by atoms with Crippen molar-refractivity contribution in [3.63, 3.8) is 0 Å². The Morgan fingerprint density at radius 1 is 1.43 bits per heavy atom. The van der Waals surface area contributed by atoms with Crippen molar-refractivity contribution in [3.8, 4) is 5.75 Å². The molecular weight excluding hydrogens is 274 g/mol. The van der Waals surface area contributed by atoms with E-state index in [4.69, 9.17) is 4.74 Å². The zero-order chi connectivity index (χ0) is 15.0. The lowest BCUT2D eigenvalue weighted by Gasteiger charge is -2.22. The standard InChI is InChI=1S/C14H17N3O4/c1-8-3-2-4-9(8)15-10-5-11-13(6-12(10)17(19)20)21-7-14(18)16-11/h5-6,8-9,15H,2-4,7H2,1H3,(H,16,18). The number of nitro groups is 1. The second-order valence-corrected chi connectivity index (χ2v) is 5.62. The molecule has 0 aromatic heterocycles. The highest BCUT2D eigenvalue weighted by Crippen LogP contribution is 2.39. The molecule has 1 aliphatic carbocycles. The quantitative estimate of drug-likeness (QED) is 0.659. The van der Waals surface area contributed by atoms with E-state index in [2.05, 4.69) is 17.6 Å². The summed E-state index contributed by atoms with van der Waals surface area (Å²) in [5, 5.41) is 17.2. The monoisotopic (exact) mass is 291 g/mol. The number of hydrogen-bond acceptors (Lipinski definition) is 5. The van der Waals surface area contributed by atoms with E-state index in [0.717, 1.165) is 19.3 Å². The molecule has 7 nitrogen and oxygen atoms in total. The predicted molar refractivity (Wildman–Crippen MR) is 77.6 cm³/mol. The maximum Gasteiger partial charge on any atom is 0.296 e. The highest BCUT2D eigenvalue weighted by atomic mass is 16.6. The van der Waals surface area contributed by atoms with Crippen LogP contribution in [0.4, 0.5) is 17.1 Å². The summed E-state index contributed by atoms with van der Waals surface area (Å²) in [6.07, 6.45) is 3.24. The number of nitro benzene ring substituents is 1. The number of hydrogen-bond donors (Lipinski definition) is 2. The molecule has 1 saturated carbocycles. The van der Waals surface area contributed by atoms with Crippen molar-refractivity contribution in [2.24, 2.45) is 5.92 Å². The fourth-order valence-electron chi connectivity index (χ4n) is 2.94. The summed E-state index contributed by atoms with van der Waals surface area (Å²) in [4.78, 5) is 22.2. The summed E-state index contributed by atoms with van der Waals surface area (Å²) in [6.45, 7) is 2.02. The van der Waals surface area contributed by atoms with E-state index in [-0.39, 0.29) is 24.2 Å². The van der Waals surface area contributed by atoms with Gasteiger partial charge in [-0.15, -0.1) is 0 Å². The molecule has 1 aromatic rings. The molecule has 7 heteroatoms. The second-order valence-electron chi connectivity index (χ2n) is 5.62. The first-order valence-electron chi connectivity index (χ1n) is 7.06. The fourth-order valence-corrected chi connectivity index (χ4v) is 2.94. The first-order valence-corrected chi connectivity index (χ1v) is 7.06. The maximum absolute atomic E-state index is 11.4. The number of nitrogens with one attached hydrogen (secondary N) is 2. The molecule has 2 aliphatic rings. The van der Waals surface area contributed by atoms with E-state index in [0.29, 0.717) is 23.0 Å². The van der Waals surface area contributed by atoms with Crippen LogP contribution in [0.2, 0.25) is 0 Å². The van der Waals surface area contributed by atoms with Crippen LogP contribution in [0.1, 0.15) is 26.2 Å². The van der Waals surface area contributed by atoms with Crippen LogP contribution in [0.3, 0.4) is 0 Å². The molecule has 2 N–H and O–H groups in total. The molecule has 112 valence electrons.